The standard InChI is InChI=1S/C53H34N2O/c1-3-16-35(17-4-1)52-54-48(34-49(55-52)38-30-31-51-44(33-38)43-25-10-14-29-50(43)56-51)37-19-15-18-36(32-37)40-22-7-11-26-45(40)53(39-20-5-2-6-21-39)46-27-12-8-23-41(46)42-24-9-13-28-47(42)53/h1-34H. The van der Waals surface area contributed by atoms with Crippen molar-refractivity contribution in [2.75, 3.05) is 0 Å². The van der Waals surface area contributed by atoms with Gasteiger partial charge in [-0.1, -0.05) is 170 Å². The van der Waals surface area contributed by atoms with Crippen molar-refractivity contribution in [1.29, 1.82) is 0 Å². The fraction of sp³-hybridized carbons (Fsp3) is 0.0189. The zero-order chi connectivity index (χ0) is 37.1. The summed E-state index contributed by atoms with van der Waals surface area (Å²) in [5.41, 5.74) is 15.9. The summed E-state index contributed by atoms with van der Waals surface area (Å²) in [5.74, 6) is 0.684. The van der Waals surface area contributed by atoms with Crippen LogP contribution in [0.3, 0.4) is 0 Å². The Balaban J connectivity index is 1.11. The van der Waals surface area contributed by atoms with Gasteiger partial charge in [-0.25, -0.2) is 9.97 Å². The number of aromatic nitrogens is 2. The van der Waals surface area contributed by atoms with Gasteiger partial charge in [0.2, 0.25) is 0 Å². The molecule has 1 aliphatic rings. The molecule has 0 aliphatic heterocycles. The highest BCUT2D eigenvalue weighted by Gasteiger charge is 2.46. The molecule has 56 heavy (non-hydrogen) atoms. The normalized spacial score (nSPS) is 12.8. The lowest BCUT2D eigenvalue weighted by Gasteiger charge is -2.35. The molecule has 0 radical (unpaired) electrons. The molecule has 0 atom stereocenters. The Morgan fingerprint density at radius 1 is 0.339 bits per heavy atom. The first kappa shape index (κ1) is 32.1. The summed E-state index contributed by atoms with van der Waals surface area (Å²) in [6, 6.07) is 73.5. The molecule has 8 aromatic carbocycles. The van der Waals surface area contributed by atoms with Crippen LogP contribution in [0.4, 0.5) is 0 Å². The summed E-state index contributed by atoms with van der Waals surface area (Å²) in [5, 5.41) is 2.16. The highest BCUT2D eigenvalue weighted by molar-refractivity contribution is 6.06. The molecule has 11 rings (SSSR count). The zero-order valence-electron chi connectivity index (χ0n) is 30.4. The lowest BCUT2D eigenvalue weighted by molar-refractivity contribution is 0.669. The third-order valence-corrected chi connectivity index (χ3v) is 11.4. The lowest BCUT2D eigenvalue weighted by Crippen LogP contribution is -2.29. The molecule has 0 unspecified atom stereocenters. The number of fused-ring (bicyclic) bond motifs is 6. The van der Waals surface area contributed by atoms with Crippen LogP contribution in [0.25, 0.3) is 78.1 Å². The molecule has 0 N–H and O–H groups in total. The van der Waals surface area contributed by atoms with Crippen molar-refractivity contribution < 1.29 is 4.42 Å². The Labute approximate surface area is 325 Å². The van der Waals surface area contributed by atoms with Gasteiger partial charge in [0.05, 0.1) is 16.8 Å². The van der Waals surface area contributed by atoms with Crippen LogP contribution >= 0.6 is 0 Å². The molecule has 0 saturated heterocycles. The van der Waals surface area contributed by atoms with Gasteiger partial charge >= 0.3 is 0 Å². The highest BCUT2D eigenvalue weighted by atomic mass is 16.3. The van der Waals surface area contributed by atoms with Crippen molar-refractivity contribution in [3.8, 4) is 56.2 Å². The highest BCUT2D eigenvalue weighted by Crippen LogP contribution is 2.57. The zero-order valence-corrected chi connectivity index (χ0v) is 30.4. The summed E-state index contributed by atoms with van der Waals surface area (Å²) in [6.07, 6.45) is 0. The monoisotopic (exact) mass is 714 g/mol. The molecular formula is C53H34N2O. The van der Waals surface area contributed by atoms with Gasteiger partial charge in [-0.2, -0.15) is 0 Å². The lowest BCUT2D eigenvalue weighted by atomic mass is 9.66. The number of nitrogens with zero attached hydrogens (tertiary/aromatic N) is 2. The molecule has 0 spiro atoms. The SMILES string of the molecule is c1ccc(-c2nc(-c3cccc(-c4ccccc4C4(c5ccccc5)c5ccccc5-c5ccccc54)c3)cc(-c3ccc4oc5ccccc5c4c3)n2)cc1. The minimum absolute atomic E-state index is 0.514. The second-order valence-corrected chi connectivity index (χ2v) is 14.5. The molecule has 0 fully saturated rings. The van der Waals surface area contributed by atoms with E-state index in [1.165, 1.54) is 38.9 Å². The molecular weight excluding hydrogens is 681 g/mol. The van der Waals surface area contributed by atoms with Crippen molar-refractivity contribution in [2.24, 2.45) is 0 Å². The topological polar surface area (TPSA) is 38.9 Å². The van der Waals surface area contributed by atoms with Gasteiger partial charge in [0, 0.05) is 27.5 Å². The van der Waals surface area contributed by atoms with Crippen LogP contribution in [0.15, 0.2) is 211 Å². The minimum Gasteiger partial charge on any atom is -0.456 e. The number of hydrogen-bond acceptors (Lipinski definition) is 3. The van der Waals surface area contributed by atoms with E-state index in [0.717, 1.165) is 55.6 Å². The maximum atomic E-state index is 6.17. The number of para-hydroxylation sites is 1. The number of hydrogen-bond donors (Lipinski definition) is 0. The Morgan fingerprint density at radius 2 is 0.857 bits per heavy atom. The Morgan fingerprint density at radius 3 is 1.57 bits per heavy atom. The molecule has 0 saturated carbocycles. The molecule has 1 aliphatic carbocycles. The van der Waals surface area contributed by atoms with Crippen LogP contribution in [0.1, 0.15) is 22.3 Å². The van der Waals surface area contributed by atoms with E-state index in [-0.39, 0.29) is 0 Å². The Hall–Kier alpha value is -7.36. The molecule has 262 valence electrons. The summed E-state index contributed by atoms with van der Waals surface area (Å²) < 4.78 is 6.17. The predicted octanol–water partition coefficient (Wildman–Crippen LogP) is 13.4. The molecule has 3 nitrogen and oxygen atoms in total. The number of rotatable bonds is 6. The maximum absolute atomic E-state index is 6.17. The molecule has 2 heterocycles. The number of benzene rings is 8. The van der Waals surface area contributed by atoms with Gasteiger partial charge in [0.1, 0.15) is 11.2 Å². The van der Waals surface area contributed by atoms with Crippen molar-refractivity contribution >= 4 is 21.9 Å². The van der Waals surface area contributed by atoms with Gasteiger partial charge in [-0.3, -0.25) is 0 Å². The average Bonchev–Trinajstić information content (AvgIpc) is 3.80. The van der Waals surface area contributed by atoms with Crippen LogP contribution in [0.2, 0.25) is 0 Å². The Kier molecular flexibility index (Phi) is 7.39. The second-order valence-electron chi connectivity index (χ2n) is 14.5. The van der Waals surface area contributed by atoms with Crippen LogP contribution < -0.4 is 0 Å². The fourth-order valence-corrected chi connectivity index (χ4v) is 8.93. The van der Waals surface area contributed by atoms with Crippen molar-refractivity contribution in [2.45, 2.75) is 5.41 Å². The van der Waals surface area contributed by atoms with Crippen molar-refractivity contribution in [3.05, 3.63) is 229 Å². The summed E-state index contributed by atoms with van der Waals surface area (Å²) in [6.45, 7) is 0. The van der Waals surface area contributed by atoms with E-state index in [1.54, 1.807) is 0 Å². The largest absolute Gasteiger partial charge is 0.456 e. The predicted molar refractivity (Wildman–Crippen MR) is 228 cm³/mol. The average molecular weight is 715 g/mol. The minimum atomic E-state index is -0.514. The molecule has 2 aromatic heterocycles. The maximum Gasteiger partial charge on any atom is 0.160 e. The molecule has 0 bridgehead atoms. The van der Waals surface area contributed by atoms with E-state index in [0.29, 0.717) is 5.82 Å². The molecule has 3 heteroatoms. The van der Waals surface area contributed by atoms with Crippen molar-refractivity contribution in [1.82, 2.24) is 9.97 Å². The molecule has 10 aromatic rings. The van der Waals surface area contributed by atoms with Crippen LogP contribution in [-0.4, -0.2) is 9.97 Å². The third-order valence-electron chi connectivity index (χ3n) is 11.4. The van der Waals surface area contributed by atoms with Gasteiger partial charge in [0.25, 0.3) is 0 Å². The van der Waals surface area contributed by atoms with Crippen LogP contribution in [0, 0.1) is 0 Å². The van der Waals surface area contributed by atoms with Gasteiger partial charge in [-0.15, -0.1) is 0 Å². The smallest absolute Gasteiger partial charge is 0.160 e. The first-order valence-electron chi connectivity index (χ1n) is 19.1. The van der Waals surface area contributed by atoms with E-state index >= 15 is 0 Å². The summed E-state index contributed by atoms with van der Waals surface area (Å²) in [4.78, 5) is 10.4. The fourth-order valence-electron chi connectivity index (χ4n) is 8.93. The molecule has 0 amide bonds. The first-order valence-corrected chi connectivity index (χ1v) is 19.1. The third kappa shape index (κ3) is 4.98. The second kappa shape index (κ2) is 12.9. The van der Waals surface area contributed by atoms with Crippen LogP contribution in [-0.2, 0) is 5.41 Å². The summed E-state index contributed by atoms with van der Waals surface area (Å²) in [7, 11) is 0. The number of furan rings is 1. The van der Waals surface area contributed by atoms with Crippen LogP contribution in [0.5, 0.6) is 0 Å². The van der Waals surface area contributed by atoms with E-state index in [2.05, 4.69) is 170 Å². The van der Waals surface area contributed by atoms with Gasteiger partial charge in [-0.05, 0) is 80.9 Å². The van der Waals surface area contributed by atoms with E-state index in [9.17, 15) is 0 Å². The summed E-state index contributed by atoms with van der Waals surface area (Å²) >= 11 is 0. The van der Waals surface area contributed by atoms with Gasteiger partial charge < -0.3 is 4.42 Å². The quantitative estimate of drug-likeness (QED) is 0.172. The Bertz CT molecular complexity index is 3040. The van der Waals surface area contributed by atoms with E-state index < -0.39 is 5.41 Å². The first-order chi connectivity index (χ1) is 27.8. The van der Waals surface area contributed by atoms with E-state index in [1.807, 2.05) is 36.4 Å². The van der Waals surface area contributed by atoms with Crippen molar-refractivity contribution in [3.63, 3.8) is 0 Å². The van der Waals surface area contributed by atoms with Gasteiger partial charge in [0.15, 0.2) is 5.82 Å². The van der Waals surface area contributed by atoms with E-state index in [4.69, 9.17) is 14.4 Å².